The molecule has 2 amide bonds. The molecule has 3 aromatic rings. The number of amides is 2. The monoisotopic (exact) mass is 460 g/mol. The average molecular weight is 461 g/mol. The number of hydrogen-bond acceptors (Lipinski definition) is 5. The van der Waals surface area contributed by atoms with Gasteiger partial charge in [0, 0.05) is 12.2 Å². The summed E-state index contributed by atoms with van der Waals surface area (Å²) in [6.07, 6.45) is 1.40. The van der Waals surface area contributed by atoms with Gasteiger partial charge in [0.15, 0.2) is 5.69 Å². The van der Waals surface area contributed by atoms with Crippen LogP contribution in [0.4, 0.5) is 5.69 Å². The zero-order valence-electron chi connectivity index (χ0n) is 19.7. The highest BCUT2D eigenvalue weighted by molar-refractivity contribution is 6.15. The Morgan fingerprint density at radius 2 is 1.79 bits per heavy atom. The highest BCUT2D eigenvalue weighted by Crippen LogP contribution is 2.34. The Bertz CT molecular complexity index is 1220. The summed E-state index contributed by atoms with van der Waals surface area (Å²) < 4.78 is 6.37. The molecule has 8 nitrogen and oxygen atoms in total. The molecule has 8 heteroatoms. The number of carbonyl (C=O) groups is 3. The molecule has 0 radical (unpaired) electrons. The van der Waals surface area contributed by atoms with Crippen LogP contribution in [0, 0.1) is 0 Å². The van der Waals surface area contributed by atoms with E-state index < -0.39 is 17.4 Å². The number of anilines is 1. The quantitative estimate of drug-likeness (QED) is 0.568. The lowest BCUT2D eigenvalue weighted by Gasteiger charge is -2.43. The van der Waals surface area contributed by atoms with E-state index in [-0.39, 0.29) is 23.8 Å². The van der Waals surface area contributed by atoms with Crippen molar-refractivity contribution in [2.45, 2.75) is 45.3 Å². The van der Waals surface area contributed by atoms with E-state index in [4.69, 9.17) is 4.74 Å². The number of nitrogens with zero attached hydrogens (tertiary/aromatic N) is 3. The summed E-state index contributed by atoms with van der Waals surface area (Å²) in [5.41, 5.74) is 1.41. The number of rotatable bonds is 6. The fourth-order valence-electron chi connectivity index (χ4n) is 4.26. The molecule has 0 saturated heterocycles. The minimum Gasteiger partial charge on any atom is -0.464 e. The lowest BCUT2D eigenvalue weighted by atomic mass is 9.92. The molecule has 1 N–H and O–H groups in total. The van der Waals surface area contributed by atoms with Crippen molar-refractivity contribution in [1.82, 2.24) is 14.9 Å². The summed E-state index contributed by atoms with van der Waals surface area (Å²) in [4.78, 5) is 45.2. The van der Waals surface area contributed by atoms with Gasteiger partial charge in [0.1, 0.15) is 11.2 Å². The predicted molar refractivity (Wildman–Crippen MR) is 128 cm³/mol. The maximum Gasteiger partial charge on any atom is 0.359 e. The van der Waals surface area contributed by atoms with E-state index in [1.807, 2.05) is 54.6 Å². The highest BCUT2D eigenvalue weighted by Gasteiger charge is 2.49. The summed E-state index contributed by atoms with van der Waals surface area (Å²) in [7, 11) is 1.24. The molecule has 4 rings (SSSR count). The molecule has 1 aromatic heterocycles. The molecule has 0 aliphatic carbocycles. The first-order valence-corrected chi connectivity index (χ1v) is 11.2. The minimum atomic E-state index is -1.26. The standard InChI is InChI=1S/C26H28N4O4/c1-17(2)19-10-12-20(13-11-19)30-23(31)22-21(24(32)34-4)28-16-29(22)15-26(30,3)25(33)27-14-18-8-6-5-7-9-18/h5-13,16-17H,14-15H2,1-4H3,(H,27,33). The number of fused-ring (bicyclic) bond motifs is 1. The van der Waals surface area contributed by atoms with Crippen LogP contribution < -0.4 is 10.2 Å². The van der Waals surface area contributed by atoms with Crippen molar-refractivity contribution in [3.63, 3.8) is 0 Å². The Morgan fingerprint density at radius 1 is 1.12 bits per heavy atom. The first-order valence-electron chi connectivity index (χ1n) is 11.2. The maximum atomic E-state index is 13.8. The molecule has 0 spiro atoms. The lowest BCUT2D eigenvalue weighted by molar-refractivity contribution is -0.126. The molecule has 2 heterocycles. The van der Waals surface area contributed by atoms with Gasteiger partial charge in [0.2, 0.25) is 5.91 Å². The maximum absolute atomic E-state index is 13.8. The van der Waals surface area contributed by atoms with Gasteiger partial charge in [-0.15, -0.1) is 0 Å². The van der Waals surface area contributed by atoms with Gasteiger partial charge >= 0.3 is 5.97 Å². The van der Waals surface area contributed by atoms with Gasteiger partial charge in [-0.05, 0) is 36.1 Å². The van der Waals surface area contributed by atoms with Gasteiger partial charge in [-0.2, -0.15) is 0 Å². The fourth-order valence-corrected chi connectivity index (χ4v) is 4.26. The molecule has 0 saturated carbocycles. The van der Waals surface area contributed by atoms with Crippen molar-refractivity contribution in [3.05, 3.63) is 83.4 Å². The number of esters is 1. The number of aromatic nitrogens is 2. The number of nitrogens with one attached hydrogen (secondary N) is 1. The van der Waals surface area contributed by atoms with E-state index >= 15 is 0 Å². The molecule has 34 heavy (non-hydrogen) atoms. The smallest absolute Gasteiger partial charge is 0.359 e. The van der Waals surface area contributed by atoms with Gasteiger partial charge in [-0.25, -0.2) is 9.78 Å². The third-order valence-corrected chi connectivity index (χ3v) is 6.20. The van der Waals surface area contributed by atoms with Crippen molar-refractivity contribution in [2.75, 3.05) is 12.0 Å². The van der Waals surface area contributed by atoms with Crippen LogP contribution in [0.1, 0.15) is 58.8 Å². The largest absolute Gasteiger partial charge is 0.464 e. The molecular formula is C26H28N4O4. The van der Waals surface area contributed by atoms with Gasteiger partial charge < -0.3 is 14.6 Å². The Morgan fingerprint density at radius 3 is 2.41 bits per heavy atom. The van der Waals surface area contributed by atoms with Crippen LogP contribution >= 0.6 is 0 Å². The highest BCUT2D eigenvalue weighted by atomic mass is 16.5. The van der Waals surface area contributed by atoms with Crippen LogP contribution in [0.25, 0.3) is 0 Å². The van der Waals surface area contributed by atoms with E-state index in [2.05, 4.69) is 24.1 Å². The topological polar surface area (TPSA) is 93.5 Å². The molecule has 0 bridgehead atoms. The second kappa shape index (κ2) is 9.13. The van der Waals surface area contributed by atoms with Gasteiger partial charge in [0.05, 0.1) is 20.0 Å². The Balaban J connectivity index is 1.75. The molecule has 1 atom stereocenters. The normalized spacial score (nSPS) is 17.4. The second-order valence-electron chi connectivity index (χ2n) is 8.89. The van der Waals surface area contributed by atoms with Crippen LogP contribution in [0.15, 0.2) is 60.9 Å². The summed E-state index contributed by atoms with van der Waals surface area (Å²) in [6, 6.07) is 17.1. The zero-order chi connectivity index (χ0) is 24.5. The van der Waals surface area contributed by atoms with E-state index in [0.29, 0.717) is 18.2 Å². The van der Waals surface area contributed by atoms with E-state index in [1.165, 1.54) is 18.3 Å². The van der Waals surface area contributed by atoms with Crippen LogP contribution in [-0.2, 0) is 22.6 Å². The number of hydrogen-bond donors (Lipinski definition) is 1. The number of ether oxygens (including phenoxy) is 1. The number of methoxy groups -OCH3 is 1. The minimum absolute atomic E-state index is 0.0666. The lowest BCUT2D eigenvalue weighted by Crippen LogP contribution is -2.64. The third kappa shape index (κ3) is 4.07. The summed E-state index contributed by atoms with van der Waals surface area (Å²) >= 11 is 0. The Labute approximate surface area is 198 Å². The van der Waals surface area contributed by atoms with Gasteiger partial charge in [-0.3, -0.25) is 14.5 Å². The molecule has 1 aliphatic rings. The van der Waals surface area contributed by atoms with Crippen LogP contribution in [0.5, 0.6) is 0 Å². The van der Waals surface area contributed by atoms with Crippen molar-refractivity contribution in [3.8, 4) is 0 Å². The first-order chi connectivity index (χ1) is 16.3. The summed E-state index contributed by atoms with van der Waals surface area (Å²) in [5.74, 6) is -1.18. The van der Waals surface area contributed by atoms with Crippen molar-refractivity contribution in [1.29, 1.82) is 0 Å². The van der Waals surface area contributed by atoms with Gasteiger partial charge in [0.25, 0.3) is 5.91 Å². The number of imidazole rings is 1. The zero-order valence-corrected chi connectivity index (χ0v) is 19.7. The Hall–Kier alpha value is -3.94. The molecule has 0 fully saturated rings. The Kier molecular flexibility index (Phi) is 6.24. The molecule has 1 unspecified atom stereocenters. The van der Waals surface area contributed by atoms with E-state index in [0.717, 1.165) is 11.1 Å². The van der Waals surface area contributed by atoms with Crippen molar-refractivity contribution in [2.24, 2.45) is 0 Å². The van der Waals surface area contributed by atoms with E-state index in [1.54, 1.807) is 11.5 Å². The number of benzene rings is 2. The van der Waals surface area contributed by atoms with Crippen LogP contribution in [-0.4, -0.2) is 40.0 Å². The van der Waals surface area contributed by atoms with Crippen molar-refractivity contribution < 1.29 is 19.1 Å². The number of carbonyl (C=O) groups excluding carboxylic acids is 3. The van der Waals surface area contributed by atoms with E-state index in [9.17, 15) is 14.4 Å². The SMILES string of the molecule is COC(=O)c1ncn2c1C(=O)N(c1ccc(C(C)C)cc1)C(C)(C(=O)NCc1ccccc1)C2. The van der Waals surface area contributed by atoms with Crippen molar-refractivity contribution >= 4 is 23.5 Å². The molecule has 176 valence electrons. The third-order valence-electron chi connectivity index (χ3n) is 6.20. The summed E-state index contributed by atoms with van der Waals surface area (Å²) in [5, 5.41) is 2.97. The fraction of sp³-hybridized carbons (Fsp3) is 0.308. The average Bonchev–Trinajstić information content (AvgIpc) is 3.26. The van der Waals surface area contributed by atoms with Gasteiger partial charge in [-0.1, -0.05) is 56.3 Å². The first kappa shape index (κ1) is 23.2. The molecule has 1 aliphatic heterocycles. The van der Waals surface area contributed by atoms with Crippen LogP contribution in [0.2, 0.25) is 0 Å². The molecule has 2 aromatic carbocycles. The predicted octanol–water partition coefficient (Wildman–Crippen LogP) is 3.53. The summed E-state index contributed by atoms with van der Waals surface area (Å²) in [6.45, 7) is 6.35. The second-order valence-corrected chi connectivity index (χ2v) is 8.89. The molecular weight excluding hydrogens is 432 g/mol. The van der Waals surface area contributed by atoms with Crippen LogP contribution in [0.3, 0.4) is 0 Å².